The number of hydrogen-bond acceptors (Lipinski definition) is 5. The monoisotopic (exact) mass is 368 g/mol. The zero-order valence-electron chi connectivity index (χ0n) is 15.1. The fourth-order valence-corrected chi connectivity index (χ4v) is 2.59. The van der Waals surface area contributed by atoms with Crippen LogP contribution in [0.1, 0.15) is 26.6 Å². The van der Waals surface area contributed by atoms with Gasteiger partial charge in [0.25, 0.3) is 11.8 Å². The molecule has 2 N–H and O–H groups in total. The average molecular weight is 368 g/mol. The maximum Gasteiger partial charge on any atom is 0.292 e. The lowest BCUT2D eigenvalue weighted by Gasteiger charge is -2.08. The second kappa shape index (κ2) is 8.22. The van der Waals surface area contributed by atoms with Crippen LogP contribution in [0.4, 0.5) is 5.82 Å². The molecule has 140 valence electrons. The van der Waals surface area contributed by atoms with Crippen molar-refractivity contribution < 1.29 is 18.7 Å². The Labute approximate surface area is 156 Å². The minimum absolute atomic E-state index is 0.180. The van der Waals surface area contributed by atoms with Crippen LogP contribution >= 0.6 is 0 Å². The van der Waals surface area contributed by atoms with Gasteiger partial charge >= 0.3 is 0 Å². The molecule has 0 aliphatic rings. The number of nitrogens with one attached hydrogen (secondary N) is 2. The Hall–Kier alpha value is -3.55. The van der Waals surface area contributed by atoms with E-state index >= 15 is 0 Å². The number of aryl methyl sites for hydroxylation is 1. The van der Waals surface area contributed by atoms with Gasteiger partial charge in [0.05, 0.1) is 13.4 Å². The summed E-state index contributed by atoms with van der Waals surface area (Å²) in [6.45, 7) is 0.434. The van der Waals surface area contributed by atoms with E-state index in [9.17, 15) is 9.59 Å². The van der Waals surface area contributed by atoms with Gasteiger partial charge in [-0.3, -0.25) is 14.3 Å². The SMILES string of the molecule is COc1ccccc1CCNC(=O)c1cc(NC(=O)c2ccco2)n(C)n1. The highest BCUT2D eigenvalue weighted by Crippen LogP contribution is 2.17. The average Bonchev–Trinajstić information content (AvgIpc) is 3.32. The van der Waals surface area contributed by atoms with Gasteiger partial charge in [0, 0.05) is 19.7 Å². The molecule has 0 saturated carbocycles. The first-order chi connectivity index (χ1) is 13.1. The second-order valence-electron chi connectivity index (χ2n) is 5.79. The van der Waals surface area contributed by atoms with Crippen LogP contribution in [0, 0.1) is 0 Å². The lowest BCUT2D eigenvalue weighted by Crippen LogP contribution is -2.26. The summed E-state index contributed by atoms with van der Waals surface area (Å²) in [4.78, 5) is 24.4. The molecule has 2 amide bonds. The molecule has 0 aliphatic carbocycles. The fraction of sp³-hybridized carbons (Fsp3) is 0.211. The number of methoxy groups -OCH3 is 1. The number of anilines is 1. The van der Waals surface area contributed by atoms with E-state index in [4.69, 9.17) is 9.15 Å². The lowest BCUT2D eigenvalue weighted by molar-refractivity contribution is 0.0947. The number of benzene rings is 1. The highest BCUT2D eigenvalue weighted by atomic mass is 16.5. The third kappa shape index (κ3) is 4.35. The maximum absolute atomic E-state index is 12.3. The first-order valence-electron chi connectivity index (χ1n) is 8.37. The molecule has 0 unspecified atom stereocenters. The largest absolute Gasteiger partial charge is 0.496 e. The van der Waals surface area contributed by atoms with E-state index in [1.807, 2.05) is 24.3 Å². The molecule has 0 atom stereocenters. The van der Waals surface area contributed by atoms with Crippen LogP contribution in [0.5, 0.6) is 5.75 Å². The highest BCUT2D eigenvalue weighted by Gasteiger charge is 2.16. The molecule has 2 aromatic heterocycles. The zero-order valence-corrected chi connectivity index (χ0v) is 15.1. The summed E-state index contributed by atoms with van der Waals surface area (Å²) in [5.41, 5.74) is 1.22. The lowest BCUT2D eigenvalue weighted by atomic mass is 10.1. The molecular formula is C19H20N4O4. The molecule has 0 bridgehead atoms. The topological polar surface area (TPSA) is 98.4 Å². The molecule has 1 aromatic carbocycles. The van der Waals surface area contributed by atoms with Gasteiger partial charge in [-0.1, -0.05) is 18.2 Å². The molecule has 0 radical (unpaired) electrons. The van der Waals surface area contributed by atoms with Crippen molar-refractivity contribution in [1.82, 2.24) is 15.1 Å². The minimum atomic E-state index is -0.411. The molecule has 0 aliphatic heterocycles. The Morgan fingerprint density at radius 1 is 1.19 bits per heavy atom. The minimum Gasteiger partial charge on any atom is -0.496 e. The number of ether oxygens (including phenoxy) is 1. The molecule has 2 heterocycles. The Balaban J connectivity index is 1.58. The summed E-state index contributed by atoms with van der Waals surface area (Å²) in [7, 11) is 3.26. The van der Waals surface area contributed by atoms with Crippen molar-refractivity contribution in [3.8, 4) is 5.75 Å². The quantitative estimate of drug-likeness (QED) is 0.666. The van der Waals surface area contributed by atoms with Crippen LogP contribution in [0.15, 0.2) is 53.1 Å². The van der Waals surface area contributed by atoms with E-state index in [-0.39, 0.29) is 17.4 Å². The number of carbonyl (C=O) groups excluding carboxylic acids is 2. The number of hydrogen-bond donors (Lipinski definition) is 2. The summed E-state index contributed by atoms with van der Waals surface area (Å²) in [5, 5.41) is 9.61. The van der Waals surface area contributed by atoms with Gasteiger partial charge in [-0.2, -0.15) is 5.10 Å². The van der Waals surface area contributed by atoms with E-state index in [1.165, 1.54) is 17.0 Å². The van der Waals surface area contributed by atoms with Gasteiger partial charge in [0.1, 0.15) is 11.6 Å². The zero-order chi connectivity index (χ0) is 19.2. The molecule has 0 saturated heterocycles. The van der Waals surface area contributed by atoms with Gasteiger partial charge < -0.3 is 19.8 Å². The molecule has 8 nitrogen and oxygen atoms in total. The maximum atomic E-state index is 12.3. The normalized spacial score (nSPS) is 10.4. The Morgan fingerprint density at radius 2 is 2.00 bits per heavy atom. The molecule has 0 spiro atoms. The number of carbonyl (C=O) groups is 2. The predicted molar refractivity (Wildman–Crippen MR) is 98.9 cm³/mol. The number of nitrogens with zero attached hydrogens (tertiary/aromatic N) is 2. The molecule has 8 heteroatoms. The van der Waals surface area contributed by atoms with Crippen molar-refractivity contribution in [3.63, 3.8) is 0 Å². The van der Waals surface area contributed by atoms with Crippen molar-refractivity contribution in [2.45, 2.75) is 6.42 Å². The number of para-hydroxylation sites is 1. The van der Waals surface area contributed by atoms with Gasteiger partial charge in [0.2, 0.25) is 0 Å². The van der Waals surface area contributed by atoms with Crippen molar-refractivity contribution in [1.29, 1.82) is 0 Å². The van der Waals surface area contributed by atoms with Crippen LogP contribution in [0.3, 0.4) is 0 Å². The second-order valence-corrected chi connectivity index (χ2v) is 5.79. The van der Waals surface area contributed by atoms with Gasteiger partial charge in [-0.05, 0) is 30.2 Å². The van der Waals surface area contributed by atoms with E-state index in [2.05, 4.69) is 15.7 Å². The first kappa shape index (κ1) is 18.2. The smallest absolute Gasteiger partial charge is 0.292 e. The van der Waals surface area contributed by atoms with Crippen molar-refractivity contribution in [2.75, 3.05) is 19.0 Å². The number of furan rings is 1. The van der Waals surface area contributed by atoms with E-state index in [0.717, 1.165) is 11.3 Å². The van der Waals surface area contributed by atoms with Crippen LogP contribution in [-0.2, 0) is 13.5 Å². The predicted octanol–water partition coefficient (Wildman–Crippen LogP) is 2.25. The summed E-state index contributed by atoms with van der Waals surface area (Å²) in [5.74, 6) is 0.628. The van der Waals surface area contributed by atoms with Gasteiger partial charge in [-0.25, -0.2) is 0 Å². The molecule has 3 rings (SSSR count). The third-order valence-electron chi connectivity index (χ3n) is 3.97. The molecule has 3 aromatic rings. The van der Waals surface area contributed by atoms with E-state index < -0.39 is 5.91 Å². The first-order valence-corrected chi connectivity index (χ1v) is 8.37. The van der Waals surface area contributed by atoms with E-state index in [0.29, 0.717) is 18.8 Å². The van der Waals surface area contributed by atoms with Crippen LogP contribution < -0.4 is 15.4 Å². The Kier molecular flexibility index (Phi) is 5.55. The van der Waals surface area contributed by atoms with Crippen LogP contribution in [0.25, 0.3) is 0 Å². The number of aromatic nitrogens is 2. The molecular weight excluding hydrogens is 348 g/mol. The van der Waals surface area contributed by atoms with Crippen molar-refractivity contribution >= 4 is 17.6 Å². The number of rotatable bonds is 7. The Morgan fingerprint density at radius 3 is 2.74 bits per heavy atom. The van der Waals surface area contributed by atoms with E-state index in [1.54, 1.807) is 26.3 Å². The molecule has 27 heavy (non-hydrogen) atoms. The highest BCUT2D eigenvalue weighted by molar-refractivity contribution is 6.02. The number of amides is 2. The van der Waals surface area contributed by atoms with Gasteiger partial charge in [0.15, 0.2) is 11.5 Å². The summed E-state index contributed by atoms with van der Waals surface area (Å²) >= 11 is 0. The Bertz CT molecular complexity index is 931. The summed E-state index contributed by atoms with van der Waals surface area (Å²) in [6.07, 6.45) is 2.05. The summed E-state index contributed by atoms with van der Waals surface area (Å²) in [6, 6.07) is 12.3. The fourth-order valence-electron chi connectivity index (χ4n) is 2.59. The standard InChI is InChI=1S/C19H20N4O4/c1-23-17(21-19(25)16-8-5-11-27-16)12-14(22-23)18(24)20-10-9-13-6-3-4-7-15(13)26-2/h3-8,11-12H,9-10H2,1-2H3,(H,20,24)(H,21,25). The van der Waals surface area contributed by atoms with Crippen molar-refractivity contribution in [2.24, 2.45) is 7.05 Å². The van der Waals surface area contributed by atoms with Crippen molar-refractivity contribution in [3.05, 3.63) is 65.7 Å². The summed E-state index contributed by atoms with van der Waals surface area (Å²) < 4.78 is 11.8. The van der Waals surface area contributed by atoms with Gasteiger partial charge in [-0.15, -0.1) is 0 Å². The van der Waals surface area contributed by atoms with Crippen LogP contribution in [-0.4, -0.2) is 35.2 Å². The van der Waals surface area contributed by atoms with Crippen LogP contribution in [0.2, 0.25) is 0 Å². The third-order valence-corrected chi connectivity index (χ3v) is 3.97. The molecule has 0 fully saturated rings.